The van der Waals surface area contributed by atoms with Crippen LogP contribution in [0, 0.1) is 5.82 Å². The molecule has 1 N–H and O–H groups in total. The van der Waals surface area contributed by atoms with Crippen molar-refractivity contribution in [2.45, 2.75) is 6.42 Å². The standard InChI is InChI=1S/C10H9FO5/c1-14-6-3-7-10(16-4-15-7)5(9(6)11)2-8(12)13/h3H,2,4H2,1H3,(H,12,13). The monoisotopic (exact) mass is 228 g/mol. The van der Waals surface area contributed by atoms with Gasteiger partial charge in [0, 0.05) is 11.6 Å². The van der Waals surface area contributed by atoms with E-state index in [0.29, 0.717) is 5.75 Å². The lowest BCUT2D eigenvalue weighted by Crippen LogP contribution is -2.05. The van der Waals surface area contributed by atoms with Gasteiger partial charge in [-0.3, -0.25) is 4.79 Å². The predicted octanol–water partition coefficient (Wildman–Crippen LogP) is 1.19. The van der Waals surface area contributed by atoms with Crippen LogP contribution < -0.4 is 14.2 Å². The number of benzene rings is 1. The Balaban J connectivity index is 2.55. The van der Waals surface area contributed by atoms with Gasteiger partial charge in [-0.2, -0.15) is 0 Å². The van der Waals surface area contributed by atoms with Crippen LogP contribution in [0.5, 0.6) is 17.2 Å². The molecule has 6 heteroatoms. The number of halogens is 1. The first-order valence-electron chi connectivity index (χ1n) is 4.50. The average Bonchev–Trinajstić information content (AvgIpc) is 2.69. The van der Waals surface area contributed by atoms with E-state index in [9.17, 15) is 9.18 Å². The second kappa shape index (κ2) is 3.88. The maximum atomic E-state index is 13.8. The minimum atomic E-state index is -1.15. The average molecular weight is 228 g/mol. The molecule has 0 spiro atoms. The van der Waals surface area contributed by atoms with Crippen LogP contribution in [0.3, 0.4) is 0 Å². The Labute approximate surface area is 90.3 Å². The van der Waals surface area contributed by atoms with Crippen LogP contribution in [0.25, 0.3) is 0 Å². The first-order chi connectivity index (χ1) is 7.63. The fourth-order valence-corrected chi connectivity index (χ4v) is 1.52. The third kappa shape index (κ3) is 1.62. The molecule has 0 atom stereocenters. The van der Waals surface area contributed by atoms with Gasteiger partial charge in [0.2, 0.25) is 6.79 Å². The fourth-order valence-electron chi connectivity index (χ4n) is 1.52. The summed E-state index contributed by atoms with van der Waals surface area (Å²) in [5.74, 6) is -1.49. The Bertz CT molecular complexity index is 443. The molecule has 1 heterocycles. The Morgan fingerprint density at radius 1 is 1.62 bits per heavy atom. The van der Waals surface area contributed by atoms with Crippen molar-refractivity contribution in [3.63, 3.8) is 0 Å². The van der Waals surface area contributed by atoms with Crippen LogP contribution in [-0.4, -0.2) is 25.0 Å². The topological polar surface area (TPSA) is 65.0 Å². The lowest BCUT2D eigenvalue weighted by Gasteiger charge is -2.09. The second-order valence-corrected chi connectivity index (χ2v) is 3.18. The summed E-state index contributed by atoms with van der Waals surface area (Å²) in [6.45, 7) is -0.0471. The summed E-state index contributed by atoms with van der Waals surface area (Å²) in [4.78, 5) is 10.6. The fraction of sp³-hybridized carbons (Fsp3) is 0.300. The van der Waals surface area contributed by atoms with E-state index in [1.54, 1.807) is 0 Å². The Morgan fingerprint density at radius 3 is 3.00 bits per heavy atom. The number of carboxylic acids is 1. The molecule has 0 radical (unpaired) electrons. The van der Waals surface area contributed by atoms with Gasteiger partial charge in [-0.15, -0.1) is 0 Å². The van der Waals surface area contributed by atoms with Crippen molar-refractivity contribution in [3.8, 4) is 17.2 Å². The molecule has 0 amide bonds. The number of hydrogen-bond donors (Lipinski definition) is 1. The number of fused-ring (bicyclic) bond motifs is 1. The van der Waals surface area contributed by atoms with Gasteiger partial charge in [0.05, 0.1) is 13.5 Å². The molecule has 1 aromatic carbocycles. The van der Waals surface area contributed by atoms with Crippen molar-refractivity contribution in [2.24, 2.45) is 0 Å². The summed E-state index contributed by atoms with van der Waals surface area (Å²) in [7, 11) is 1.30. The van der Waals surface area contributed by atoms with Gasteiger partial charge < -0.3 is 19.3 Å². The van der Waals surface area contributed by atoms with Gasteiger partial charge in [0.15, 0.2) is 23.1 Å². The number of carboxylic acid groups (broad SMARTS) is 1. The maximum Gasteiger partial charge on any atom is 0.308 e. The number of aliphatic carboxylic acids is 1. The van der Waals surface area contributed by atoms with Gasteiger partial charge in [-0.25, -0.2) is 4.39 Å². The molecule has 86 valence electrons. The predicted molar refractivity (Wildman–Crippen MR) is 50.4 cm³/mol. The summed E-state index contributed by atoms with van der Waals surface area (Å²) >= 11 is 0. The summed E-state index contributed by atoms with van der Waals surface area (Å²) < 4.78 is 28.6. The summed E-state index contributed by atoms with van der Waals surface area (Å²) in [5.41, 5.74) is -0.0562. The van der Waals surface area contributed by atoms with E-state index in [-0.39, 0.29) is 23.9 Å². The molecule has 0 bridgehead atoms. The highest BCUT2D eigenvalue weighted by atomic mass is 19.1. The highest BCUT2D eigenvalue weighted by Crippen LogP contribution is 2.41. The molecule has 2 rings (SSSR count). The Morgan fingerprint density at radius 2 is 2.38 bits per heavy atom. The lowest BCUT2D eigenvalue weighted by atomic mass is 10.1. The van der Waals surface area contributed by atoms with E-state index in [0.717, 1.165) is 0 Å². The van der Waals surface area contributed by atoms with Crippen LogP contribution >= 0.6 is 0 Å². The van der Waals surface area contributed by atoms with Gasteiger partial charge in [0.25, 0.3) is 0 Å². The number of hydrogen-bond acceptors (Lipinski definition) is 4. The number of rotatable bonds is 3. The molecule has 0 fully saturated rings. The molecule has 0 aromatic heterocycles. The minimum Gasteiger partial charge on any atom is -0.494 e. The largest absolute Gasteiger partial charge is 0.494 e. The van der Waals surface area contributed by atoms with Crippen molar-refractivity contribution in [1.29, 1.82) is 0 Å². The molecular weight excluding hydrogens is 219 g/mol. The summed E-state index contributed by atoms with van der Waals surface area (Å²) in [6.07, 6.45) is -0.477. The summed E-state index contributed by atoms with van der Waals surface area (Å²) in [6, 6.07) is 1.34. The highest BCUT2D eigenvalue weighted by Gasteiger charge is 2.26. The van der Waals surface area contributed by atoms with Gasteiger partial charge in [-0.05, 0) is 0 Å². The van der Waals surface area contributed by atoms with E-state index in [4.69, 9.17) is 19.3 Å². The molecule has 0 saturated heterocycles. The van der Waals surface area contributed by atoms with Crippen LogP contribution in [0.1, 0.15) is 5.56 Å². The van der Waals surface area contributed by atoms with Gasteiger partial charge in [-0.1, -0.05) is 0 Å². The first-order valence-corrected chi connectivity index (χ1v) is 4.50. The quantitative estimate of drug-likeness (QED) is 0.841. The lowest BCUT2D eigenvalue weighted by molar-refractivity contribution is -0.136. The molecule has 1 aliphatic heterocycles. The van der Waals surface area contributed by atoms with Crippen LogP contribution in [0.2, 0.25) is 0 Å². The van der Waals surface area contributed by atoms with Crippen molar-refractivity contribution in [1.82, 2.24) is 0 Å². The third-order valence-corrected chi connectivity index (χ3v) is 2.21. The molecule has 0 unspecified atom stereocenters. The van der Waals surface area contributed by atoms with Crippen molar-refractivity contribution >= 4 is 5.97 Å². The highest BCUT2D eigenvalue weighted by molar-refractivity contribution is 5.73. The zero-order valence-electron chi connectivity index (χ0n) is 8.45. The van der Waals surface area contributed by atoms with Crippen molar-refractivity contribution in [3.05, 3.63) is 17.4 Å². The SMILES string of the molecule is COc1cc2c(c(CC(=O)O)c1F)OCO2. The summed E-state index contributed by atoms with van der Waals surface area (Å²) in [5, 5.41) is 8.68. The van der Waals surface area contributed by atoms with Gasteiger partial charge >= 0.3 is 5.97 Å². The third-order valence-electron chi connectivity index (χ3n) is 2.21. The molecule has 1 aromatic rings. The van der Waals surface area contributed by atoms with Gasteiger partial charge in [0.1, 0.15) is 0 Å². The maximum absolute atomic E-state index is 13.8. The Hall–Kier alpha value is -1.98. The van der Waals surface area contributed by atoms with Crippen LogP contribution in [0.15, 0.2) is 6.07 Å². The van der Waals surface area contributed by atoms with E-state index >= 15 is 0 Å². The van der Waals surface area contributed by atoms with Crippen molar-refractivity contribution < 1.29 is 28.5 Å². The van der Waals surface area contributed by atoms with E-state index in [1.807, 2.05) is 0 Å². The van der Waals surface area contributed by atoms with Crippen molar-refractivity contribution in [2.75, 3.05) is 13.9 Å². The molecular formula is C10H9FO5. The minimum absolute atomic E-state index is 0.0471. The molecule has 5 nitrogen and oxygen atoms in total. The van der Waals surface area contributed by atoms with E-state index in [1.165, 1.54) is 13.2 Å². The van der Waals surface area contributed by atoms with Crippen LogP contribution in [-0.2, 0) is 11.2 Å². The van der Waals surface area contributed by atoms with E-state index in [2.05, 4.69) is 0 Å². The smallest absolute Gasteiger partial charge is 0.308 e. The van der Waals surface area contributed by atoms with E-state index < -0.39 is 18.2 Å². The number of carbonyl (C=O) groups is 1. The Kier molecular flexibility index (Phi) is 2.55. The van der Waals surface area contributed by atoms with Crippen LogP contribution in [0.4, 0.5) is 4.39 Å². The molecule has 0 aliphatic carbocycles. The normalized spacial score (nSPS) is 12.6. The second-order valence-electron chi connectivity index (χ2n) is 3.18. The molecule has 16 heavy (non-hydrogen) atoms. The zero-order valence-corrected chi connectivity index (χ0v) is 8.45. The first kappa shape index (κ1) is 10.5. The number of ether oxygens (including phenoxy) is 3. The molecule has 0 saturated carbocycles. The number of methoxy groups -OCH3 is 1. The zero-order chi connectivity index (χ0) is 11.7. The molecule has 1 aliphatic rings.